The predicted molar refractivity (Wildman–Crippen MR) is 89.5 cm³/mol. The second kappa shape index (κ2) is 7.38. The van der Waals surface area contributed by atoms with Crippen molar-refractivity contribution in [2.45, 2.75) is 11.4 Å². The number of nitrogens with two attached hydrogens (primary N) is 1. The maximum absolute atomic E-state index is 10.9. The van der Waals surface area contributed by atoms with Crippen LogP contribution in [0.5, 0.6) is 5.75 Å². The molecule has 0 fully saturated rings. The summed E-state index contributed by atoms with van der Waals surface area (Å²) in [6.07, 6.45) is 0. The van der Waals surface area contributed by atoms with Crippen LogP contribution in [0.15, 0.2) is 51.8 Å². The molecule has 0 saturated heterocycles. The topological polar surface area (TPSA) is 75.4 Å². The first-order valence-electron chi connectivity index (χ1n) is 6.28. The Kier molecular flexibility index (Phi) is 5.52. The molecule has 4 nitrogen and oxygen atoms in total. The molecule has 0 saturated carbocycles. The standard InChI is InChI=1S/C15H15BrN2O2S/c16-11-5-3-4-10(15(11)20)8-18-12-6-1-2-7-13(12)21-9-14(17)19/h1-7,18,20H,8-9H2,(H2,17,19). The highest BCUT2D eigenvalue weighted by atomic mass is 79.9. The Balaban J connectivity index is 2.09. The summed E-state index contributed by atoms with van der Waals surface area (Å²) in [5.74, 6) is 0.118. The van der Waals surface area contributed by atoms with Gasteiger partial charge in [0.15, 0.2) is 0 Å². The summed E-state index contributed by atoms with van der Waals surface area (Å²) in [7, 11) is 0. The van der Waals surface area contributed by atoms with Crippen molar-refractivity contribution in [2.75, 3.05) is 11.1 Å². The van der Waals surface area contributed by atoms with Crippen molar-refractivity contribution in [3.8, 4) is 5.75 Å². The van der Waals surface area contributed by atoms with Crippen LogP contribution in [0.2, 0.25) is 0 Å². The maximum atomic E-state index is 10.9. The molecule has 4 N–H and O–H groups in total. The van der Waals surface area contributed by atoms with E-state index in [0.717, 1.165) is 16.1 Å². The van der Waals surface area contributed by atoms with Gasteiger partial charge in [0.25, 0.3) is 0 Å². The third-order valence-electron chi connectivity index (χ3n) is 2.80. The van der Waals surface area contributed by atoms with Crippen molar-refractivity contribution in [1.82, 2.24) is 0 Å². The van der Waals surface area contributed by atoms with E-state index in [4.69, 9.17) is 5.73 Å². The largest absolute Gasteiger partial charge is 0.506 e. The highest BCUT2D eigenvalue weighted by Gasteiger charge is 2.07. The van der Waals surface area contributed by atoms with Crippen LogP contribution >= 0.6 is 27.7 Å². The zero-order valence-corrected chi connectivity index (χ0v) is 13.6. The van der Waals surface area contributed by atoms with E-state index in [-0.39, 0.29) is 17.4 Å². The Bertz CT molecular complexity index is 649. The summed E-state index contributed by atoms with van der Waals surface area (Å²) < 4.78 is 0.665. The number of phenolic OH excluding ortho intramolecular Hbond substituents is 1. The quantitative estimate of drug-likeness (QED) is 0.685. The van der Waals surface area contributed by atoms with Crippen LogP contribution in [0.3, 0.4) is 0 Å². The van der Waals surface area contributed by atoms with E-state index < -0.39 is 0 Å². The molecule has 0 heterocycles. The second-order valence-corrected chi connectivity index (χ2v) is 6.22. The number of thioether (sulfide) groups is 1. The molecule has 110 valence electrons. The van der Waals surface area contributed by atoms with Crippen LogP contribution in [0.4, 0.5) is 5.69 Å². The fraction of sp³-hybridized carbons (Fsp3) is 0.133. The molecule has 1 amide bonds. The van der Waals surface area contributed by atoms with Crippen LogP contribution < -0.4 is 11.1 Å². The predicted octanol–water partition coefficient (Wildman–Crippen LogP) is 3.34. The smallest absolute Gasteiger partial charge is 0.227 e. The van der Waals surface area contributed by atoms with Gasteiger partial charge in [-0.3, -0.25) is 4.79 Å². The number of carbonyl (C=O) groups is 1. The zero-order valence-electron chi connectivity index (χ0n) is 11.2. The van der Waals surface area contributed by atoms with Crippen molar-refractivity contribution < 1.29 is 9.90 Å². The third kappa shape index (κ3) is 4.41. The maximum Gasteiger partial charge on any atom is 0.227 e. The van der Waals surface area contributed by atoms with Gasteiger partial charge in [-0.05, 0) is 34.1 Å². The number of phenols is 1. The van der Waals surface area contributed by atoms with Gasteiger partial charge in [-0.15, -0.1) is 11.8 Å². The fourth-order valence-corrected chi connectivity index (χ4v) is 2.96. The monoisotopic (exact) mass is 366 g/mol. The van der Waals surface area contributed by atoms with Crippen molar-refractivity contribution in [2.24, 2.45) is 5.73 Å². The van der Waals surface area contributed by atoms with E-state index in [1.54, 1.807) is 6.07 Å². The first kappa shape index (κ1) is 15.7. The number of para-hydroxylation sites is 2. The molecular formula is C15H15BrN2O2S. The SMILES string of the molecule is NC(=O)CSc1ccccc1NCc1cccc(Br)c1O. The number of benzene rings is 2. The summed E-state index contributed by atoms with van der Waals surface area (Å²) in [6.45, 7) is 0.486. The molecule has 0 aliphatic heterocycles. The molecule has 6 heteroatoms. The van der Waals surface area contributed by atoms with Gasteiger partial charge in [0.05, 0.1) is 10.2 Å². The number of anilines is 1. The number of rotatable bonds is 6. The Morgan fingerprint density at radius 3 is 2.76 bits per heavy atom. The minimum Gasteiger partial charge on any atom is -0.506 e. The van der Waals surface area contributed by atoms with E-state index in [0.29, 0.717) is 11.0 Å². The van der Waals surface area contributed by atoms with Crippen molar-refractivity contribution in [3.05, 3.63) is 52.5 Å². The lowest BCUT2D eigenvalue weighted by molar-refractivity contribution is -0.115. The Morgan fingerprint density at radius 1 is 1.24 bits per heavy atom. The molecule has 0 aliphatic rings. The molecule has 2 aromatic rings. The summed E-state index contributed by atoms with van der Waals surface area (Å²) >= 11 is 4.68. The summed E-state index contributed by atoms with van der Waals surface area (Å²) in [5.41, 5.74) is 6.87. The molecule has 0 atom stereocenters. The van der Waals surface area contributed by atoms with Gasteiger partial charge in [0.2, 0.25) is 5.91 Å². The van der Waals surface area contributed by atoms with E-state index in [2.05, 4.69) is 21.2 Å². The van der Waals surface area contributed by atoms with E-state index >= 15 is 0 Å². The molecule has 2 aromatic carbocycles. The minimum absolute atomic E-state index is 0.229. The third-order valence-corrected chi connectivity index (χ3v) is 4.53. The van der Waals surface area contributed by atoms with Crippen LogP contribution in [-0.4, -0.2) is 16.8 Å². The highest BCUT2D eigenvalue weighted by molar-refractivity contribution is 9.10. The number of hydrogen-bond acceptors (Lipinski definition) is 4. The van der Waals surface area contributed by atoms with Gasteiger partial charge < -0.3 is 16.2 Å². The second-order valence-electron chi connectivity index (χ2n) is 4.35. The number of primary amides is 1. The molecule has 0 spiro atoms. The Hall–Kier alpha value is -1.66. The van der Waals surface area contributed by atoms with Crippen LogP contribution in [0, 0.1) is 0 Å². The summed E-state index contributed by atoms with van der Waals surface area (Å²) in [4.78, 5) is 11.8. The van der Waals surface area contributed by atoms with Crippen LogP contribution in [0.1, 0.15) is 5.56 Å². The number of hydrogen-bond donors (Lipinski definition) is 3. The summed E-state index contributed by atoms with van der Waals surface area (Å²) in [5, 5.41) is 13.2. The van der Waals surface area contributed by atoms with Gasteiger partial charge in [0, 0.05) is 22.7 Å². The number of halogens is 1. The lowest BCUT2D eigenvalue weighted by atomic mass is 10.2. The van der Waals surface area contributed by atoms with Gasteiger partial charge in [0.1, 0.15) is 5.75 Å². The summed E-state index contributed by atoms with van der Waals surface area (Å²) in [6, 6.07) is 13.2. The number of nitrogens with one attached hydrogen (secondary N) is 1. The molecule has 0 bridgehead atoms. The lowest BCUT2D eigenvalue weighted by Crippen LogP contribution is -2.13. The van der Waals surface area contributed by atoms with Gasteiger partial charge >= 0.3 is 0 Å². The molecule has 0 unspecified atom stereocenters. The Morgan fingerprint density at radius 2 is 2.00 bits per heavy atom. The molecule has 2 rings (SSSR count). The lowest BCUT2D eigenvalue weighted by Gasteiger charge is -2.12. The zero-order chi connectivity index (χ0) is 15.2. The molecule has 21 heavy (non-hydrogen) atoms. The minimum atomic E-state index is -0.348. The first-order chi connectivity index (χ1) is 10.1. The Labute approximate surface area is 135 Å². The number of amides is 1. The van der Waals surface area contributed by atoms with Gasteiger partial charge in [-0.1, -0.05) is 24.3 Å². The normalized spacial score (nSPS) is 10.3. The highest BCUT2D eigenvalue weighted by Crippen LogP contribution is 2.30. The average Bonchev–Trinajstić information content (AvgIpc) is 2.47. The average molecular weight is 367 g/mol. The van der Waals surface area contributed by atoms with E-state index in [1.807, 2.05) is 36.4 Å². The molecule has 0 radical (unpaired) electrons. The molecule has 0 aromatic heterocycles. The van der Waals surface area contributed by atoms with Gasteiger partial charge in [-0.2, -0.15) is 0 Å². The molecular weight excluding hydrogens is 352 g/mol. The first-order valence-corrected chi connectivity index (χ1v) is 8.06. The van der Waals surface area contributed by atoms with Crippen molar-refractivity contribution in [1.29, 1.82) is 0 Å². The molecule has 0 aliphatic carbocycles. The number of carbonyl (C=O) groups excluding carboxylic acids is 1. The van der Waals surface area contributed by atoms with Crippen molar-refractivity contribution in [3.63, 3.8) is 0 Å². The van der Waals surface area contributed by atoms with Crippen LogP contribution in [0.25, 0.3) is 0 Å². The fourth-order valence-electron chi connectivity index (χ4n) is 1.78. The van der Waals surface area contributed by atoms with Crippen molar-refractivity contribution >= 4 is 39.3 Å². The van der Waals surface area contributed by atoms with Gasteiger partial charge in [-0.25, -0.2) is 0 Å². The van der Waals surface area contributed by atoms with E-state index in [1.165, 1.54) is 11.8 Å². The van der Waals surface area contributed by atoms with E-state index in [9.17, 15) is 9.90 Å². The number of aromatic hydroxyl groups is 1. The van der Waals surface area contributed by atoms with Crippen LogP contribution in [-0.2, 0) is 11.3 Å².